The third-order valence-corrected chi connectivity index (χ3v) is 3.01. The monoisotopic (exact) mass is 231 g/mol. The second kappa shape index (κ2) is 6.83. The average Bonchev–Trinajstić information content (AvgIpc) is 2.39. The summed E-state index contributed by atoms with van der Waals surface area (Å²) in [4.78, 5) is 10.3. The molecule has 0 spiro atoms. The quantitative estimate of drug-likeness (QED) is 0.504. The molecule has 0 bridgehead atoms. The van der Waals surface area contributed by atoms with Crippen LogP contribution in [0.3, 0.4) is 0 Å². The van der Waals surface area contributed by atoms with E-state index in [4.69, 9.17) is 5.11 Å². The maximum Gasteiger partial charge on any atom is 0.306 e. The van der Waals surface area contributed by atoms with Crippen LogP contribution in [-0.2, 0) is 4.79 Å². The molecule has 0 aromatic carbocycles. The van der Waals surface area contributed by atoms with Crippen molar-refractivity contribution in [2.45, 2.75) is 56.8 Å². The Morgan fingerprint density at radius 2 is 2.00 bits per heavy atom. The summed E-state index contributed by atoms with van der Waals surface area (Å²) in [5.74, 6) is -1.00. The van der Waals surface area contributed by atoms with Crippen LogP contribution in [0.15, 0.2) is 0 Å². The Bertz CT molecular complexity index is 222. The van der Waals surface area contributed by atoms with Gasteiger partial charge in [0, 0.05) is 12.6 Å². The van der Waals surface area contributed by atoms with Gasteiger partial charge < -0.3 is 20.6 Å². The summed E-state index contributed by atoms with van der Waals surface area (Å²) in [6, 6.07) is -0.00838. The van der Waals surface area contributed by atoms with Gasteiger partial charge in [-0.05, 0) is 12.8 Å². The summed E-state index contributed by atoms with van der Waals surface area (Å²) in [6.45, 7) is 0.230. The zero-order valence-electron chi connectivity index (χ0n) is 9.43. The first kappa shape index (κ1) is 13.4. The lowest BCUT2D eigenvalue weighted by Gasteiger charge is -2.23. The molecule has 1 fully saturated rings. The number of aliphatic hydroxyl groups excluding tert-OH is 2. The lowest BCUT2D eigenvalue weighted by molar-refractivity contribution is -0.139. The lowest BCUT2D eigenvalue weighted by atomic mass is 10.1. The Labute approximate surface area is 95.5 Å². The molecule has 0 amide bonds. The highest BCUT2D eigenvalue weighted by Gasteiger charge is 2.22. The number of aliphatic hydroxyl groups is 2. The fraction of sp³-hybridized carbons (Fsp3) is 0.909. The average molecular weight is 231 g/mol. The van der Waals surface area contributed by atoms with Gasteiger partial charge in [0.1, 0.15) is 0 Å². The topological polar surface area (TPSA) is 89.8 Å². The summed E-state index contributed by atoms with van der Waals surface area (Å²) in [5.41, 5.74) is 0. The summed E-state index contributed by atoms with van der Waals surface area (Å²) in [5, 5.41) is 30.7. The van der Waals surface area contributed by atoms with Crippen LogP contribution in [0.2, 0.25) is 0 Å². The van der Waals surface area contributed by atoms with Crippen molar-refractivity contribution < 1.29 is 20.1 Å². The minimum absolute atomic E-state index is 0.00838. The molecule has 1 rings (SSSR count). The molecule has 94 valence electrons. The van der Waals surface area contributed by atoms with E-state index in [-0.39, 0.29) is 25.1 Å². The molecule has 0 heterocycles. The molecule has 0 aromatic heterocycles. The third kappa shape index (κ3) is 4.92. The summed E-state index contributed by atoms with van der Waals surface area (Å²) in [6.07, 6.45) is 3.41. The van der Waals surface area contributed by atoms with Crippen LogP contribution in [0.4, 0.5) is 0 Å². The second-order valence-corrected chi connectivity index (χ2v) is 4.47. The van der Waals surface area contributed by atoms with Crippen molar-refractivity contribution in [1.82, 2.24) is 5.32 Å². The van der Waals surface area contributed by atoms with Crippen molar-refractivity contribution in [2.75, 3.05) is 6.54 Å². The molecule has 3 unspecified atom stereocenters. The fourth-order valence-electron chi connectivity index (χ4n) is 2.09. The molecule has 4 N–H and O–H groups in total. The fourth-order valence-corrected chi connectivity index (χ4v) is 2.09. The van der Waals surface area contributed by atoms with Gasteiger partial charge in [-0.1, -0.05) is 19.3 Å². The van der Waals surface area contributed by atoms with Gasteiger partial charge in [0.15, 0.2) is 0 Å². The number of nitrogens with one attached hydrogen (secondary N) is 1. The van der Waals surface area contributed by atoms with E-state index in [0.717, 1.165) is 32.1 Å². The zero-order valence-corrected chi connectivity index (χ0v) is 9.43. The Balaban J connectivity index is 2.26. The molecule has 0 radical (unpaired) electrons. The Morgan fingerprint density at radius 1 is 1.31 bits per heavy atom. The van der Waals surface area contributed by atoms with E-state index in [1.54, 1.807) is 0 Å². The van der Waals surface area contributed by atoms with Crippen molar-refractivity contribution in [2.24, 2.45) is 0 Å². The maximum absolute atomic E-state index is 10.3. The number of carbonyl (C=O) groups is 1. The van der Waals surface area contributed by atoms with Gasteiger partial charge in [-0.2, -0.15) is 0 Å². The lowest BCUT2D eigenvalue weighted by Crippen LogP contribution is -2.43. The smallest absolute Gasteiger partial charge is 0.306 e. The van der Waals surface area contributed by atoms with Crippen LogP contribution in [-0.4, -0.2) is 46.1 Å². The molecule has 5 heteroatoms. The third-order valence-electron chi connectivity index (χ3n) is 3.01. The second-order valence-electron chi connectivity index (χ2n) is 4.47. The van der Waals surface area contributed by atoms with Crippen molar-refractivity contribution in [1.29, 1.82) is 0 Å². The molecule has 0 aliphatic heterocycles. The van der Waals surface area contributed by atoms with Gasteiger partial charge in [0.25, 0.3) is 0 Å². The number of hydrogen-bond donors (Lipinski definition) is 4. The SMILES string of the molecule is O=C(O)CC(O)CNC1CCCCCC1O. The van der Waals surface area contributed by atoms with Gasteiger partial charge in [-0.15, -0.1) is 0 Å². The van der Waals surface area contributed by atoms with Gasteiger partial charge >= 0.3 is 5.97 Å². The Morgan fingerprint density at radius 3 is 2.69 bits per heavy atom. The van der Waals surface area contributed by atoms with Crippen LogP contribution in [0, 0.1) is 0 Å². The number of rotatable bonds is 5. The highest BCUT2D eigenvalue weighted by atomic mass is 16.4. The highest BCUT2D eigenvalue weighted by molar-refractivity contribution is 5.67. The summed E-state index contributed by atoms with van der Waals surface area (Å²) in [7, 11) is 0. The first-order valence-corrected chi connectivity index (χ1v) is 5.91. The van der Waals surface area contributed by atoms with Crippen molar-refractivity contribution >= 4 is 5.97 Å². The van der Waals surface area contributed by atoms with E-state index in [9.17, 15) is 15.0 Å². The largest absolute Gasteiger partial charge is 0.481 e. The normalized spacial score (nSPS) is 28.4. The molecular weight excluding hydrogens is 210 g/mol. The predicted molar refractivity (Wildman–Crippen MR) is 59.1 cm³/mol. The minimum atomic E-state index is -1.00. The van der Waals surface area contributed by atoms with E-state index in [1.807, 2.05) is 0 Å². The molecule has 1 aliphatic rings. The molecule has 0 saturated heterocycles. The number of carboxylic acids is 1. The van der Waals surface area contributed by atoms with Crippen LogP contribution in [0.1, 0.15) is 38.5 Å². The van der Waals surface area contributed by atoms with Crippen molar-refractivity contribution in [3.8, 4) is 0 Å². The number of carboxylic acid groups (broad SMARTS) is 1. The van der Waals surface area contributed by atoms with Crippen molar-refractivity contribution in [3.63, 3.8) is 0 Å². The Hall–Kier alpha value is -0.650. The van der Waals surface area contributed by atoms with Crippen LogP contribution >= 0.6 is 0 Å². The number of hydrogen-bond acceptors (Lipinski definition) is 4. The molecule has 3 atom stereocenters. The molecular formula is C11H21NO4. The minimum Gasteiger partial charge on any atom is -0.481 e. The Kier molecular flexibility index (Phi) is 5.73. The van der Waals surface area contributed by atoms with Crippen LogP contribution in [0.25, 0.3) is 0 Å². The van der Waals surface area contributed by atoms with E-state index in [2.05, 4.69) is 5.32 Å². The summed E-state index contributed by atoms with van der Waals surface area (Å²) < 4.78 is 0. The maximum atomic E-state index is 10.3. The first-order chi connectivity index (χ1) is 7.59. The molecule has 1 saturated carbocycles. The van der Waals surface area contributed by atoms with Gasteiger partial charge in [-0.3, -0.25) is 4.79 Å². The van der Waals surface area contributed by atoms with E-state index in [1.165, 1.54) is 0 Å². The molecule has 1 aliphatic carbocycles. The van der Waals surface area contributed by atoms with Gasteiger partial charge in [0.2, 0.25) is 0 Å². The van der Waals surface area contributed by atoms with Crippen molar-refractivity contribution in [3.05, 3.63) is 0 Å². The molecule has 0 aromatic rings. The van der Waals surface area contributed by atoms with Crippen LogP contribution < -0.4 is 5.32 Å². The van der Waals surface area contributed by atoms with Gasteiger partial charge in [0.05, 0.1) is 18.6 Å². The van der Waals surface area contributed by atoms with Gasteiger partial charge in [-0.25, -0.2) is 0 Å². The first-order valence-electron chi connectivity index (χ1n) is 5.91. The standard InChI is InChI=1S/C11H21NO4/c13-8(6-11(15)16)7-12-9-4-2-1-3-5-10(9)14/h8-10,12-14H,1-7H2,(H,15,16). The highest BCUT2D eigenvalue weighted by Crippen LogP contribution is 2.17. The number of aliphatic carboxylic acids is 1. The molecule has 5 nitrogen and oxygen atoms in total. The van der Waals surface area contributed by atoms with E-state index >= 15 is 0 Å². The van der Waals surface area contributed by atoms with E-state index < -0.39 is 12.1 Å². The molecule has 16 heavy (non-hydrogen) atoms. The van der Waals surface area contributed by atoms with Crippen LogP contribution in [0.5, 0.6) is 0 Å². The summed E-state index contributed by atoms with van der Waals surface area (Å²) >= 11 is 0. The predicted octanol–water partition coefficient (Wildman–Crippen LogP) is 0.105. The zero-order chi connectivity index (χ0) is 12.0. The van der Waals surface area contributed by atoms with E-state index in [0.29, 0.717) is 0 Å².